The van der Waals surface area contributed by atoms with E-state index in [-0.39, 0.29) is 28.7 Å². The van der Waals surface area contributed by atoms with Crippen LogP contribution in [0.15, 0.2) is 54.9 Å². The zero-order chi connectivity index (χ0) is 26.5. The molecule has 37 heavy (non-hydrogen) atoms. The van der Waals surface area contributed by atoms with Crippen molar-refractivity contribution in [1.29, 1.82) is 0 Å². The number of phenols is 1. The molecule has 5 rings (SSSR count). The van der Waals surface area contributed by atoms with E-state index >= 15 is 0 Å². The molecule has 0 fully saturated rings. The Hall–Kier alpha value is -4.55. The summed E-state index contributed by atoms with van der Waals surface area (Å²) in [5.41, 5.74) is -0.911. The third kappa shape index (κ3) is 4.21. The molecule has 0 saturated heterocycles. The smallest absolute Gasteiger partial charge is 0.419 e. The highest BCUT2D eigenvalue weighted by Crippen LogP contribution is 2.41. The molecule has 13 heteroatoms. The number of para-hydroxylation sites is 1. The predicted octanol–water partition coefficient (Wildman–Crippen LogP) is 4.86. The fourth-order valence-corrected chi connectivity index (χ4v) is 3.98. The standard InChI is InChI=1S/C24H18F5N7O/c1-34(12-14-8-9-31-36(14)13-6-4-3-5-7-13)23-30-11-16-20(33-35(2)22(16)32-23)15-10-17(24(27,28)29)19(26)21(37)18(15)25/h3-11,37H,12H2,1-2H3. The lowest BCUT2D eigenvalue weighted by Gasteiger charge is -2.18. The molecule has 5 aromatic rings. The van der Waals surface area contributed by atoms with E-state index in [1.807, 2.05) is 36.4 Å². The third-order valence-corrected chi connectivity index (χ3v) is 5.77. The molecule has 1 N–H and O–H groups in total. The molecule has 0 radical (unpaired) electrons. The van der Waals surface area contributed by atoms with Gasteiger partial charge in [-0.15, -0.1) is 0 Å². The molecule has 0 aliphatic heterocycles. The van der Waals surface area contributed by atoms with Gasteiger partial charge in [-0.25, -0.2) is 23.1 Å². The Balaban J connectivity index is 1.52. The van der Waals surface area contributed by atoms with Crippen LogP contribution < -0.4 is 4.90 Å². The molecule has 8 nitrogen and oxygen atoms in total. The number of aryl methyl sites for hydroxylation is 1. The molecule has 2 aromatic carbocycles. The summed E-state index contributed by atoms with van der Waals surface area (Å²) in [5.74, 6) is -5.14. The van der Waals surface area contributed by atoms with Crippen molar-refractivity contribution in [2.45, 2.75) is 12.7 Å². The Morgan fingerprint density at radius 1 is 1.05 bits per heavy atom. The maximum absolute atomic E-state index is 14.7. The highest BCUT2D eigenvalue weighted by Gasteiger charge is 2.38. The van der Waals surface area contributed by atoms with E-state index in [9.17, 15) is 27.1 Å². The number of benzene rings is 2. The summed E-state index contributed by atoms with van der Waals surface area (Å²) >= 11 is 0. The lowest BCUT2D eigenvalue weighted by Crippen LogP contribution is -2.21. The number of hydrogen-bond donors (Lipinski definition) is 1. The first-order valence-electron chi connectivity index (χ1n) is 10.8. The first kappa shape index (κ1) is 24.2. The van der Waals surface area contributed by atoms with E-state index in [1.165, 1.54) is 17.9 Å². The molecule has 0 aliphatic carbocycles. The van der Waals surface area contributed by atoms with E-state index in [1.54, 1.807) is 22.8 Å². The molecule has 0 unspecified atom stereocenters. The van der Waals surface area contributed by atoms with Crippen LogP contribution in [-0.2, 0) is 19.8 Å². The molecule has 3 aromatic heterocycles. The van der Waals surface area contributed by atoms with Crippen molar-refractivity contribution >= 4 is 17.0 Å². The van der Waals surface area contributed by atoms with Gasteiger partial charge in [0, 0.05) is 32.1 Å². The number of phenolic OH excluding ortho intramolecular Hbond substituents is 1. The zero-order valence-electron chi connectivity index (χ0n) is 19.4. The second-order valence-electron chi connectivity index (χ2n) is 8.25. The Morgan fingerprint density at radius 3 is 2.49 bits per heavy atom. The Labute approximate surface area is 206 Å². The number of fused-ring (bicyclic) bond motifs is 1. The van der Waals surface area contributed by atoms with Gasteiger partial charge in [-0.05, 0) is 24.3 Å². The van der Waals surface area contributed by atoms with Crippen molar-refractivity contribution in [1.82, 2.24) is 29.5 Å². The van der Waals surface area contributed by atoms with E-state index in [4.69, 9.17) is 0 Å². The van der Waals surface area contributed by atoms with Gasteiger partial charge in [0.25, 0.3) is 0 Å². The summed E-state index contributed by atoms with van der Waals surface area (Å²) in [5, 5.41) is 18.2. The molecule has 0 aliphatic rings. The summed E-state index contributed by atoms with van der Waals surface area (Å²) < 4.78 is 71.4. The largest absolute Gasteiger partial charge is 0.503 e. The monoisotopic (exact) mass is 515 g/mol. The van der Waals surface area contributed by atoms with Crippen LogP contribution in [0.1, 0.15) is 11.3 Å². The van der Waals surface area contributed by atoms with Gasteiger partial charge in [0.1, 0.15) is 5.69 Å². The van der Waals surface area contributed by atoms with Crippen LogP contribution in [0.5, 0.6) is 5.75 Å². The molecular formula is C24H18F5N7O. The third-order valence-electron chi connectivity index (χ3n) is 5.77. The average molecular weight is 515 g/mol. The summed E-state index contributed by atoms with van der Waals surface area (Å²) in [7, 11) is 3.22. The number of anilines is 1. The summed E-state index contributed by atoms with van der Waals surface area (Å²) in [4.78, 5) is 10.5. The van der Waals surface area contributed by atoms with Gasteiger partial charge in [0.05, 0.1) is 28.9 Å². The fourth-order valence-electron chi connectivity index (χ4n) is 3.98. The van der Waals surface area contributed by atoms with Gasteiger partial charge in [-0.2, -0.15) is 28.4 Å². The number of nitrogens with zero attached hydrogens (tertiary/aromatic N) is 7. The Morgan fingerprint density at radius 2 is 1.78 bits per heavy atom. The number of halogens is 5. The molecule has 0 saturated carbocycles. The maximum Gasteiger partial charge on any atom is 0.419 e. The summed E-state index contributed by atoms with van der Waals surface area (Å²) in [6.45, 7) is 0.362. The van der Waals surface area contributed by atoms with Crippen LogP contribution in [0.2, 0.25) is 0 Å². The van der Waals surface area contributed by atoms with Gasteiger partial charge in [-0.1, -0.05) is 18.2 Å². The Kier molecular flexibility index (Phi) is 5.77. The number of rotatable bonds is 5. The minimum absolute atomic E-state index is 0.118. The molecule has 190 valence electrons. The molecular weight excluding hydrogens is 497 g/mol. The van der Waals surface area contributed by atoms with Crippen molar-refractivity contribution in [3.63, 3.8) is 0 Å². The number of aromatic nitrogens is 6. The second kappa shape index (κ2) is 8.84. The number of aromatic hydroxyl groups is 1. The van der Waals surface area contributed by atoms with E-state index in [2.05, 4.69) is 20.2 Å². The van der Waals surface area contributed by atoms with Crippen LogP contribution in [0.3, 0.4) is 0 Å². The topological polar surface area (TPSA) is 84.9 Å². The van der Waals surface area contributed by atoms with Gasteiger partial charge >= 0.3 is 6.18 Å². The van der Waals surface area contributed by atoms with Crippen molar-refractivity contribution in [3.8, 4) is 22.7 Å². The molecule has 0 spiro atoms. The first-order valence-corrected chi connectivity index (χ1v) is 10.8. The average Bonchev–Trinajstić information content (AvgIpc) is 3.46. The van der Waals surface area contributed by atoms with E-state index in [0.29, 0.717) is 6.54 Å². The van der Waals surface area contributed by atoms with Crippen molar-refractivity contribution < 1.29 is 27.1 Å². The van der Waals surface area contributed by atoms with Crippen molar-refractivity contribution in [2.24, 2.45) is 7.05 Å². The summed E-state index contributed by atoms with van der Waals surface area (Å²) in [6.07, 6.45) is -2.21. The first-order chi connectivity index (χ1) is 17.6. The highest BCUT2D eigenvalue weighted by molar-refractivity contribution is 5.91. The van der Waals surface area contributed by atoms with E-state index in [0.717, 1.165) is 11.4 Å². The lowest BCUT2D eigenvalue weighted by molar-refractivity contribution is -0.140. The van der Waals surface area contributed by atoms with Gasteiger partial charge in [0.2, 0.25) is 5.95 Å². The normalized spacial score (nSPS) is 11.9. The van der Waals surface area contributed by atoms with Crippen molar-refractivity contribution in [3.05, 3.63) is 77.8 Å². The lowest BCUT2D eigenvalue weighted by atomic mass is 10.0. The predicted molar refractivity (Wildman–Crippen MR) is 124 cm³/mol. The highest BCUT2D eigenvalue weighted by atomic mass is 19.4. The summed E-state index contributed by atoms with van der Waals surface area (Å²) in [6, 6.07) is 11.6. The molecule has 0 bridgehead atoms. The van der Waals surface area contributed by atoms with Crippen LogP contribution >= 0.6 is 0 Å². The van der Waals surface area contributed by atoms with Crippen molar-refractivity contribution in [2.75, 3.05) is 11.9 Å². The SMILES string of the molecule is CN(Cc1ccnn1-c1ccccc1)c1ncc2c(-c3cc(C(F)(F)F)c(F)c(O)c3F)nn(C)c2n1. The number of hydrogen-bond acceptors (Lipinski definition) is 6. The second-order valence-corrected chi connectivity index (χ2v) is 8.25. The van der Waals surface area contributed by atoms with Crippen LogP contribution in [0.4, 0.5) is 27.9 Å². The maximum atomic E-state index is 14.7. The molecule has 0 atom stereocenters. The minimum Gasteiger partial charge on any atom is -0.503 e. The van der Waals surface area contributed by atoms with Crippen LogP contribution in [0, 0.1) is 11.6 Å². The fraction of sp³-hybridized carbons (Fsp3) is 0.167. The Bertz CT molecular complexity index is 1610. The van der Waals surface area contributed by atoms with Gasteiger partial charge < -0.3 is 10.0 Å². The molecule has 0 amide bonds. The van der Waals surface area contributed by atoms with Crippen LogP contribution in [0.25, 0.3) is 28.0 Å². The van der Waals surface area contributed by atoms with Gasteiger partial charge in [0.15, 0.2) is 23.0 Å². The zero-order valence-corrected chi connectivity index (χ0v) is 19.4. The minimum atomic E-state index is -5.16. The van der Waals surface area contributed by atoms with Gasteiger partial charge in [-0.3, -0.25) is 0 Å². The quantitative estimate of drug-likeness (QED) is 0.337. The van der Waals surface area contributed by atoms with Crippen LogP contribution in [-0.4, -0.2) is 41.7 Å². The molecule has 3 heterocycles. The number of alkyl halides is 3. The van der Waals surface area contributed by atoms with E-state index < -0.39 is 34.7 Å².